The quantitative estimate of drug-likeness (QED) is 0.779. The van der Waals surface area contributed by atoms with Gasteiger partial charge in [-0.05, 0) is 31.2 Å². The van der Waals surface area contributed by atoms with Gasteiger partial charge in [-0.25, -0.2) is 8.42 Å². The molecule has 0 amide bonds. The number of carboxylic acids is 1. The Kier molecular flexibility index (Phi) is 5.59. The molecule has 5 nitrogen and oxygen atoms in total. The first-order valence-electron chi connectivity index (χ1n) is 6.40. The molecule has 0 aromatic heterocycles. The van der Waals surface area contributed by atoms with Gasteiger partial charge in [0.15, 0.2) is 0 Å². The Morgan fingerprint density at radius 2 is 2.17 bits per heavy atom. The van der Waals surface area contributed by atoms with Crippen LogP contribution in [0.3, 0.4) is 0 Å². The predicted octanol–water partition coefficient (Wildman–Crippen LogP) is 0.854. The van der Waals surface area contributed by atoms with Gasteiger partial charge in [0.2, 0.25) is 0 Å². The molecule has 1 fully saturated rings. The molecular weight excluding hydrogens is 254 g/mol. The Bertz CT molecular complexity index is 380. The summed E-state index contributed by atoms with van der Waals surface area (Å²) in [7, 11) is -2.92. The molecule has 0 aliphatic carbocycles. The number of nitrogens with zero attached hydrogens (tertiary/aromatic N) is 1. The third kappa shape index (κ3) is 5.82. The van der Waals surface area contributed by atoms with E-state index in [1.807, 2.05) is 6.92 Å². The second-order valence-corrected chi connectivity index (χ2v) is 7.67. The summed E-state index contributed by atoms with van der Waals surface area (Å²) in [5.74, 6) is -0.0405. The van der Waals surface area contributed by atoms with Crippen molar-refractivity contribution >= 4 is 15.8 Å². The first kappa shape index (κ1) is 15.4. The summed E-state index contributed by atoms with van der Waals surface area (Å²) >= 11 is 0. The molecule has 18 heavy (non-hydrogen) atoms. The number of rotatable bonds is 6. The van der Waals surface area contributed by atoms with Crippen molar-refractivity contribution in [1.82, 2.24) is 4.90 Å². The zero-order valence-corrected chi connectivity index (χ0v) is 11.9. The predicted molar refractivity (Wildman–Crippen MR) is 70.3 cm³/mol. The highest BCUT2D eigenvalue weighted by atomic mass is 32.2. The fraction of sp³-hybridized carbons (Fsp3) is 0.917. The van der Waals surface area contributed by atoms with Gasteiger partial charge in [-0.15, -0.1) is 0 Å². The van der Waals surface area contributed by atoms with Crippen LogP contribution in [0, 0.1) is 11.8 Å². The van der Waals surface area contributed by atoms with Gasteiger partial charge in [0.1, 0.15) is 9.84 Å². The number of carbonyl (C=O) groups is 1. The van der Waals surface area contributed by atoms with Crippen molar-refractivity contribution in [3.63, 3.8) is 0 Å². The van der Waals surface area contributed by atoms with Gasteiger partial charge in [-0.3, -0.25) is 4.79 Å². The minimum Gasteiger partial charge on any atom is -0.481 e. The lowest BCUT2D eigenvalue weighted by molar-refractivity contribution is -0.138. The second kappa shape index (κ2) is 6.52. The second-order valence-electron chi connectivity index (χ2n) is 5.41. The normalized spacial score (nSPS) is 23.8. The summed E-state index contributed by atoms with van der Waals surface area (Å²) in [6, 6.07) is 0. The average molecular weight is 277 g/mol. The molecule has 6 heteroatoms. The maximum absolute atomic E-state index is 11.1. The fourth-order valence-electron chi connectivity index (χ4n) is 2.50. The Balaban J connectivity index is 2.43. The van der Waals surface area contributed by atoms with E-state index in [0.717, 1.165) is 25.9 Å². The van der Waals surface area contributed by atoms with Crippen LogP contribution in [0.25, 0.3) is 0 Å². The van der Waals surface area contributed by atoms with Crippen LogP contribution in [0.2, 0.25) is 0 Å². The van der Waals surface area contributed by atoms with Gasteiger partial charge in [0.25, 0.3) is 0 Å². The van der Waals surface area contributed by atoms with Crippen molar-refractivity contribution in [2.24, 2.45) is 11.8 Å². The molecule has 0 spiro atoms. The SMILES string of the molecule is CC(CC(=O)O)C1CCCN(CCS(C)(=O)=O)C1. The van der Waals surface area contributed by atoms with Crippen molar-refractivity contribution in [1.29, 1.82) is 0 Å². The molecule has 1 rings (SSSR count). The number of sulfone groups is 1. The molecule has 0 aromatic rings. The summed E-state index contributed by atoms with van der Waals surface area (Å²) in [6.45, 7) is 4.28. The van der Waals surface area contributed by atoms with Gasteiger partial charge in [-0.1, -0.05) is 6.92 Å². The van der Waals surface area contributed by atoms with E-state index in [-0.39, 0.29) is 18.1 Å². The highest BCUT2D eigenvalue weighted by Gasteiger charge is 2.26. The highest BCUT2D eigenvalue weighted by Crippen LogP contribution is 2.25. The number of carboxylic acid groups (broad SMARTS) is 1. The Morgan fingerprint density at radius 1 is 1.50 bits per heavy atom. The summed E-state index contributed by atoms with van der Waals surface area (Å²) in [5, 5.41) is 8.80. The Labute approximate surface area is 109 Å². The molecule has 0 radical (unpaired) electrons. The zero-order valence-electron chi connectivity index (χ0n) is 11.1. The smallest absolute Gasteiger partial charge is 0.303 e. The average Bonchev–Trinajstić information content (AvgIpc) is 2.25. The van der Waals surface area contributed by atoms with Crippen molar-refractivity contribution in [3.8, 4) is 0 Å². The summed E-state index contributed by atoms with van der Waals surface area (Å²) in [6.07, 6.45) is 3.52. The Morgan fingerprint density at radius 3 is 2.72 bits per heavy atom. The molecule has 1 N–H and O–H groups in total. The van der Waals surface area contributed by atoms with E-state index in [2.05, 4.69) is 4.90 Å². The molecule has 1 aliphatic rings. The maximum Gasteiger partial charge on any atom is 0.303 e. The first-order chi connectivity index (χ1) is 8.28. The molecular formula is C12H23NO4S. The lowest BCUT2D eigenvalue weighted by Gasteiger charge is -2.35. The number of likely N-dealkylation sites (tertiary alicyclic amines) is 1. The molecule has 2 unspecified atom stereocenters. The van der Waals surface area contributed by atoms with Crippen LogP contribution in [0.1, 0.15) is 26.2 Å². The zero-order chi connectivity index (χ0) is 13.8. The third-order valence-electron chi connectivity index (χ3n) is 3.62. The minimum atomic E-state index is -2.92. The summed E-state index contributed by atoms with van der Waals surface area (Å²) < 4.78 is 22.3. The van der Waals surface area contributed by atoms with E-state index in [0.29, 0.717) is 12.5 Å². The van der Waals surface area contributed by atoms with E-state index in [1.54, 1.807) is 0 Å². The van der Waals surface area contributed by atoms with Gasteiger partial charge in [0.05, 0.1) is 5.75 Å². The molecule has 0 bridgehead atoms. The van der Waals surface area contributed by atoms with Crippen molar-refractivity contribution in [2.45, 2.75) is 26.2 Å². The maximum atomic E-state index is 11.1. The van der Waals surface area contributed by atoms with Crippen LogP contribution >= 0.6 is 0 Å². The molecule has 2 atom stereocenters. The molecule has 0 aromatic carbocycles. The first-order valence-corrected chi connectivity index (χ1v) is 8.46. The lowest BCUT2D eigenvalue weighted by Crippen LogP contribution is -2.40. The van der Waals surface area contributed by atoms with Gasteiger partial charge in [0, 0.05) is 25.8 Å². The van der Waals surface area contributed by atoms with Crippen molar-refractivity contribution in [3.05, 3.63) is 0 Å². The van der Waals surface area contributed by atoms with Crippen LogP contribution in [-0.4, -0.2) is 56.0 Å². The van der Waals surface area contributed by atoms with Crippen LogP contribution < -0.4 is 0 Å². The van der Waals surface area contributed by atoms with Crippen LogP contribution in [0.4, 0.5) is 0 Å². The summed E-state index contributed by atoms with van der Waals surface area (Å²) in [5.41, 5.74) is 0. The molecule has 1 saturated heterocycles. The number of hydrogen-bond donors (Lipinski definition) is 1. The van der Waals surface area contributed by atoms with E-state index < -0.39 is 15.8 Å². The number of piperidine rings is 1. The molecule has 0 saturated carbocycles. The molecule has 1 heterocycles. The van der Waals surface area contributed by atoms with Crippen LogP contribution in [0.5, 0.6) is 0 Å². The van der Waals surface area contributed by atoms with E-state index >= 15 is 0 Å². The topological polar surface area (TPSA) is 74.7 Å². The molecule has 1 aliphatic heterocycles. The van der Waals surface area contributed by atoms with Crippen molar-refractivity contribution < 1.29 is 18.3 Å². The van der Waals surface area contributed by atoms with Crippen LogP contribution in [-0.2, 0) is 14.6 Å². The lowest BCUT2D eigenvalue weighted by atomic mass is 9.85. The van der Waals surface area contributed by atoms with Crippen molar-refractivity contribution in [2.75, 3.05) is 31.6 Å². The van der Waals surface area contributed by atoms with E-state index in [4.69, 9.17) is 5.11 Å². The van der Waals surface area contributed by atoms with Gasteiger partial charge in [-0.2, -0.15) is 0 Å². The standard InChI is InChI=1S/C12H23NO4S/c1-10(8-12(14)15)11-4-3-5-13(9-11)6-7-18(2,16)17/h10-11H,3-9H2,1-2H3,(H,14,15). The minimum absolute atomic E-state index is 0.156. The highest BCUT2D eigenvalue weighted by molar-refractivity contribution is 7.90. The monoisotopic (exact) mass is 277 g/mol. The van der Waals surface area contributed by atoms with E-state index in [9.17, 15) is 13.2 Å². The fourth-order valence-corrected chi connectivity index (χ4v) is 3.09. The number of hydrogen-bond acceptors (Lipinski definition) is 4. The third-order valence-corrected chi connectivity index (χ3v) is 4.55. The summed E-state index contributed by atoms with van der Waals surface area (Å²) in [4.78, 5) is 12.8. The number of aliphatic carboxylic acids is 1. The van der Waals surface area contributed by atoms with E-state index in [1.165, 1.54) is 6.26 Å². The van der Waals surface area contributed by atoms with Crippen LogP contribution in [0.15, 0.2) is 0 Å². The molecule has 106 valence electrons. The van der Waals surface area contributed by atoms with Gasteiger partial charge < -0.3 is 10.0 Å². The van der Waals surface area contributed by atoms with Gasteiger partial charge >= 0.3 is 5.97 Å². The Hall–Kier alpha value is -0.620. The largest absolute Gasteiger partial charge is 0.481 e.